The van der Waals surface area contributed by atoms with Gasteiger partial charge in [0.25, 0.3) is 0 Å². The SMILES string of the molecule is FCCNc1cc[c]cc1. The topological polar surface area (TPSA) is 12.0 Å². The van der Waals surface area contributed by atoms with Crippen LogP contribution in [0.4, 0.5) is 10.1 Å². The fraction of sp³-hybridized carbons (Fsp3) is 0.250. The molecule has 1 radical (unpaired) electrons. The zero-order chi connectivity index (χ0) is 7.23. The number of rotatable bonds is 3. The highest BCUT2D eigenvalue weighted by atomic mass is 19.1. The Kier molecular flexibility index (Phi) is 2.74. The lowest BCUT2D eigenvalue weighted by atomic mass is 10.3. The van der Waals surface area contributed by atoms with E-state index in [1.165, 1.54) is 0 Å². The largest absolute Gasteiger partial charge is 0.382 e. The summed E-state index contributed by atoms with van der Waals surface area (Å²) in [5, 5.41) is 2.90. The summed E-state index contributed by atoms with van der Waals surface area (Å²) in [7, 11) is 0. The Morgan fingerprint density at radius 1 is 1.40 bits per heavy atom. The van der Waals surface area contributed by atoms with E-state index in [-0.39, 0.29) is 6.67 Å². The van der Waals surface area contributed by atoms with Crippen molar-refractivity contribution in [3.8, 4) is 0 Å². The lowest BCUT2D eigenvalue weighted by Crippen LogP contribution is -2.01. The molecule has 0 aliphatic heterocycles. The molecule has 1 aromatic carbocycles. The first-order valence-electron chi connectivity index (χ1n) is 3.19. The van der Waals surface area contributed by atoms with E-state index >= 15 is 0 Å². The second-order valence-corrected chi connectivity index (χ2v) is 1.90. The van der Waals surface area contributed by atoms with Crippen LogP contribution in [0, 0.1) is 6.07 Å². The van der Waals surface area contributed by atoms with Gasteiger partial charge in [0.2, 0.25) is 0 Å². The van der Waals surface area contributed by atoms with Gasteiger partial charge in [-0.05, 0) is 18.2 Å². The van der Waals surface area contributed by atoms with Crippen LogP contribution in [0.2, 0.25) is 0 Å². The van der Waals surface area contributed by atoms with Gasteiger partial charge in [0.05, 0.1) is 0 Å². The average molecular weight is 138 g/mol. The molecule has 0 atom stereocenters. The normalized spacial score (nSPS) is 9.30. The van der Waals surface area contributed by atoms with E-state index in [2.05, 4.69) is 11.4 Å². The molecule has 53 valence electrons. The molecular weight excluding hydrogens is 129 g/mol. The molecule has 2 heteroatoms. The van der Waals surface area contributed by atoms with Crippen LogP contribution < -0.4 is 5.32 Å². The molecule has 0 spiro atoms. The smallest absolute Gasteiger partial charge is 0.107 e. The van der Waals surface area contributed by atoms with Gasteiger partial charge >= 0.3 is 0 Å². The Bertz CT molecular complexity index is 174. The Morgan fingerprint density at radius 2 is 2.10 bits per heavy atom. The van der Waals surface area contributed by atoms with Gasteiger partial charge in [-0.3, -0.25) is 0 Å². The third-order valence-electron chi connectivity index (χ3n) is 1.14. The van der Waals surface area contributed by atoms with Gasteiger partial charge in [0.1, 0.15) is 6.67 Å². The molecule has 0 aliphatic carbocycles. The summed E-state index contributed by atoms with van der Waals surface area (Å²) < 4.78 is 11.6. The van der Waals surface area contributed by atoms with Gasteiger partial charge in [-0.25, -0.2) is 4.39 Å². The second-order valence-electron chi connectivity index (χ2n) is 1.90. The number of hydrogen-bond donors (Lipinski definition) is 1. The fourth-order valence-electron chi connectivity index (χ4n) is 0.696. The zero-order valence-corrected chi connectivity index (χ0v) is 5.60. The number of hydrogen-bond acceptors (Lipinski definition) is 1. The average Bonchev–Trinajstić information content (AvgIpc) is 2.03. The van der Waals surface area contributed by atoms with Gasteiger partial charge in [-0.2, -0.15) is 0 Å². The maximum atomic E-state index is 11.6. The maximum Gasteiger partial charge on any atom is 0.107 e. The van der Waals surface area contributed by atoms with Crippen LogP contribution in [0.5, 0.6) is 0 Å². The van der Waals surface area contributed by atoms with E-state index < -0.39 is 0 Å². The van der Waals surface area contributed by atoms with Crippen molar-refractivity contribution in [1.82, 2.24) is 0 Å². The third-order valence-corrected chi connectivity index (χ3v) is 1.14. The van der Waals surface area contributed by atoms with Crippen LogP contribution in [-0.4, -0.2) is 13.2 Å². The number of anilines is 1. The van der Waals surface area contributed by atoms with E-state index in [1.54, 1.807) is 12.1 Å². The third kappa shape index (κ3) is 2.05. The van der Waals surface area contributed by atoms with Crippen molar-refractivity contribution in [3.63, 3.8) is 0 Å². The maximum absolute atomic E-state index is 11.6. The molecule has 0 fully saturated rings. The molecular formula is C8H9FN. The summed E-state index contributed by atoms with van der Waals surface area (Å²) in [6.45, 7) is 0.0443. The summed E-state index contributed by atoms with van der Waals surface area (Å²) in [5.74, 6) is 0. The minimum atomic E-state index is -0.335. The zero-order valence-electron chi connectivity index (χ0n) is 5.60. The Morgan fingerprint density at radius 3 is 2.70 bits per heavy atom. The van der Waals surface area contributed by atoms with Crippen molar-refractivity contribution in [2.24, 2.45) is 0 Å². The van der Waals surface area contributed by atoms with Gasteiger partial charge in [0.15, 0.2) is 0 Å². The highest BCUT2D eigenvalue weighted by Crippen LogP contribution is 2.02. The molecule has 0 saturated carbocycles. The molecule has 1 N–H and O–H groups in total. The second kappa shape index (κ2) is 3.88. The van der Waals surface area contributed by atoms with Crippen LogP contribution in [0.25, 0.3) is 0 Å². The van der Waals surface area contributed by atoms with E-state index in [1.807, 2.05) is 12.1 Å². The molecule has 0 heterocycles. The number of nitrogens with one attached hydrogen (secondary N) is 1. The van der Waals surface area contributed by atoms with Crippen molar-refractivity contribution in [2.45, 2.75) is 0 Å². The van der Waals surface area contributed by atoms with Crippen molar-refractivity contribution >= 4 is 5.69 Å². The summed E-state index contributed by atoms with van der Waals surface area (Å²) in [6.07, 6.45) is 0. The van der Waals surface area contributed by atoms with E-state index in [4.69, 9.17) is 0 Å². The van der Waals surface area contributed by atoms with E-state index in [9.17, 15) is 4.39 Å². The molecule has 10 heavy (non-hydrogen) atoms. The summed E-state index contributed by atoms with van der Waals surface area (Å²) in [5.41, 5.74) is 0.941. The first-order valence-corrected chi connectivity index (χ1v) is 3.19. The minimum absolute atomic E-state index is 0.335. The first-order chi connectivity index (χ1) is 4.93. The Balaban J connectivity index is 2.43. The predicted molar refractivity (Wildman–Crippen MR) is 39.7 cm³/mol. The van der Waals surface area contributed by atoms with Crippen LogP contribution in [0.15, 0.2) is 24.3 Å². The highest BCUT2D eigenvalue weighted by Gasteiger charge is 1.85. The van der Waals surface area contributed by atoms with Crippen LogP contribution in [0.1, 0.15) is 0 Å². The molecule has 1 aromatic rings. The Hall–Kier alpha value is -1.05. The van der Waals surface area contributed by atoms with Crippen molar-refractivity contribution in [3.05, 3.63) is 30.3 Å². The standard InChI is InChI=1S/C8H9FN/c9-6-7-10-8-4-2-1-3-5-8/h2-5,10H,6-7H2. The van der Waals surface area contributed by atoms with Gasteiger partial charge in [-0.15, -0.1) is 0 Å². The number of halogens is 1. The highest BCUT2D eigenvalue weighted by molar-refractivity contribution is 5.41. The van der Waals surface area contributed by atoms with Crippen LogP contribution in [0.3, 0.4) is 0 Å². The number of alkyl halides is 1. The number of benzene rings is 1. The summed E-state index contributed by atoms with van der Waals surface area (Å²) in [4.78, 5) is 0. The van der Waals surface area contributed by atoms with Crippen LogP contribution >= 0.6 is 0 Å². The molecule has 0 saturated heterocycles. The quantitative estimate of drug-likeness (QED) is 0.672. The van der Waals surface area contributed by atoms with E-state index in [0.29, 0.717) is 6.54 Å². The molecule has 0 amide bonds. The van der Waals surface area contributed by atoms with Crippen molar-refractivity contribution in [1.29, 1.82) is 0 Å². The molecule has 0 bridgehead atoms. The Labute approximate surface area is 59.9 Å². The lowest BCUT2D eigenvalue weighted by Gasteiger charge is -2.00. The predicted octanol–water partition coefficient (Wildman–Crippen LogP) is 1.87. The molecule has 1 rings (SSSR count). The molecule has 0 aromatic heterocycles. The van der Waals surface area contributed by atoms with Crippen molar-refractivity contribution < 1.29 is 4.39 Å². The van der Waals surface area contributed by atoms with E-state index in [0.717, 1.165) is 5.69 Å². The van der Waals surface area contributed by atoms with Gasteiger partial charge in [0, 0.05) is 12.2 Å². The molecule has 1 nitrogen and oxygen atoms in total. The van der Waals surface area contributed by atoms with Crippen molar-refractivity contribution in [2.75, 3.05) is 18.5 Å². The summed E-state index contributed by atoms with van der Waals surface area (Å²) >= 11 is 0. The molecule has 0 aliphatic rings. The lowest BCUT2D eigenvalue weighted by molar-refractivity contribution is 0.513. The minimum Gasteiger partial charge on any atom is -0.382 e. The monoisotopic (exact) mass is 138 g/mol. The first kappa shape index (κ1) is 7.06. The van der Waals surface area contributed by atoms with Crippen LogP contribution in [-0.2, 0) is 0 Å². The fourth-order valence-corrected chi connectivity index (χ4v) is 0.696. The van der Waals surface area contributed by atoms with Gasteiger partial charge < -0.3 is 5.32 Å². The summed E-state index contributed by atoms with van der Waals surface area (Å²) in [6, 6.07) is 10.2. The molecule has 0 unspecified atom stereocenters. The van der Waals surface area contributed by atoms with Gasteiger partial charge in [-0.1, -0.05) is 12.1 Å².